The number of nitrogens with zero attached hydrogens (tertiary/aromatic N) is 1. The summed E-state index contributed by atoms with van der Waals surface area (Å²) in [5, 5.41) is 3.48. The van der Waals surface area contributed by atoms with Crippen LogP contribution in [0.2, 0.25) is 0 Å². The number of hydrogen-bond acceptors (Lipinski definition) is 3. The molecule has 2 aliphatic carbocycles. The molecule has 3 rings (SSSR count). The second-order valence-electron chi connectivity index (χ2n) is 5.22. The van der Waals surface area contributed by atoms with E-state index in [4.69, 9.17) is 5.73 Å². The second kappa shape index (κ2) is 4.02. The van der Waals surface area contributed by atoms with E-state index in [2.05, 4.69) is 10.3 Å². The van der Waals surface area contributed by atoms with Crippen molar-refractivity contribution in [3.63, 3.8) is 0 Å². The molecule has 90 valence electrons. The lowest BCUT2D eigenvalue weighted by atomic mass is 9.95. The molecule has 0 radical (unpaired) electrons. The SMILES string of the molecule is NC(=O)c1ccc(NC2CC3CCC2C3)nc1. The average Bonchev–Trinajstić information content (AvgIpc) is 2.91. The zero-order chi connectivity index (χ0) is 11.8. The zero-order valence-electron chi connectivity index (χ0n) is 9.73. The smallest absolute Gasteiger partial charge is 0.250 e. The lowest BCUT2D eigenvalue weighted by Gasteiger charge is -2.23. The van der Waals surface area contributed by atoms with Gasteiger partial charge in [-0.3, -0.25) is 4.79 Å². The quantitative estimate of drug-likeness (QED) is 0.833. The molecule has 3 atom stereocenters. The number of nitrogens with two attached hydrogens (primary N) is 1. The maximum atomic E-state index is 10.9. The summed E-state index contributed by atoms with van der Waals surface area (Å²) < 4.78 is 0. The van der Waals surface area contributed by atoms with E-state index < -0.39 is 5.91 Å². The largest absolute Gasteiger partial charge is 0.367 e. The van der Waals surface area contributed by atoms with Crippen LogP contribution in [0.1, 0.15) is 36.0 Å². The Morgan fingerprint density at radius 3 is 2.76 bits per heavy atom. The highest BCUT2D eigenvalue weighted by molar-refractivity contribution is 5.92. The number of hydrogen-bond donors (Lipinski definition) is 2. The first kappa shape index (κ1) is 10.6. The fraction of sp³-hybridized carbons (Fsp3) is 0.538. The normalized spacial score (nSPS) is 30.5. The molecule has 1 aromatic heterocycles. The molecule has 0 saturated heterocycles. The van der Waals surface area contributed by atoms with Crippen LogP contribution in [0.4, 0.5) is 5.82 Å². The third kappa shape index (κ3) is 1.99. The summed E-state index contributed by atoms with van der Waals surface area (Å²) in [5.74, 6) is 2.16. The van der Waals surface area contributed by atoms with Crippen LogP contribution in [0.3, 0.4) is 0 Å². The Labute approximate surface area is 101 Å². The monoisotopic (exact) mass is 231 g/mol. The number of amides is 1. The van der Waals surface area contributed by atoms with E-state index in [1.807, 2.05) is 6.07 Å². The minimum atomic E-state index is -0.427. The molecule has 0 aromatic carbocycles. The summed E-state index contributed by atoms with van der Waals surface area (Å²) in [7, 11) is 0. The number of rotatable bonds is 3. The summed E-state index contributed by atoms with van der Waals surface area (Å²) in [6, 6.07) is 4.14. The predicted molar refractivity (Wildman–Crippen MR) is 65.6 cm³/mol. The van der Waals surface area contributed by atoms with Gasteiger partial charge in [0, 0.05) is 12.2 Å². The Balaban J connectivity index is 1.67. The van der Waals surface area contributed by atoms with Crippen LogP contribution in [-0.2, 0) is 0 Å². The maximum Gasteiger partial charge on any atom is 0.250 e. The topological polar surface area (TPSA) is 68.0 Å². The van der Waals surface area contributed by atoms with Gasteiger partial charge in [0.2, 0.25) is 5.91 Å². The molecule has 4 heteroatoms. The van der Waals surface area contributed by atoms with Crippen molar-refractivity contribution >= 4 is 11.7 Å². The molecule has 2 aliphatic rings. The fourth-order valence-corrected chi connectivity index (χ4v) is 3.24. The summed E-state index contributed by atoms with van der Waals surface area (Å²) in [5.41, 5.74) is 5.64. The molecule has 2 saturated carbocycles. The third-order valence-electron chi connectivity index (χ3n) is 4.12. The van der Waals surface area contributed by atoms with E-state index in [0.717, 1.165) is 17.7 Å². The Morgan fingerprint density at radius 2 is 2.24 bits per heavy atom. The molecular formula is C13H17N3O. The van der Waals surface area contributed by atoms with Crippen molar-refractivity contribution in [2.24, 2.45) is 17.6 Å². The van der Waals surface area contributed by atoms with Crippen molar-refractivity contribution in [1.29, 1.82) is 0 Å². The first-order chi connectivity index (χ1) is 8.22. The number of aromatic nitrogens is 1. The molecule has 3 N–H and O–H groups in total. The molecule has 17 heavy (non-hydrogen) atoms. The minimum Gasteiger partial charge on any atom is -0.367 e. The van der Waals surface area contributed by atoms with Gasteiger partial charge in [0.15, 0.2) is 0 Å². The second-order valence-corrected chi connectivity index (χ2v) is 5.22. The number of nitrogens with one attached hydrogen (secondary N) is 1. The summed E-state index contributed by atoms with van der Waals surface area (Å²) in [4.78, 5) is 15.2. The van der Waals surface area contributed by atoms with Gasteiger partial charge in [0.1, 0.15) is 5.82 Å². The van der Waals surface area contributed by atoms with Crippen LogP contribution in [0, 0.1) is 11.8 Å². The fourth-order valence-electron chi connectivity index (χ4n) is 3.24. The zero-order valence-corrected chi connectivity index (χ0v) is 9.73. The Kier molecular flexibility index (Phi) is 2.50. The molecule has 2 fully saturated rings. The maximum absolute atomic E-state index is 10.9. The molecule has 1 heterocycles. The molecule has 0 aliphatic heterocycles. The Bertz CT molecular complexity index is 429. The number of fused-ring (bicyclic) bond motifs is 2. The van der Waals surface area contributed by atoms with Crippen molar-refractivity contribution in [2.45, 2.75) is 31.7 Å². The van der Waals surface area contributed by atoms with E-state index in [1.165, 1.54) is 31.9 Å². The number of pyridine rings is 1. The highest BCUT2D eigenvalue weighted by Gasteiger charge is 2.39. The molecule has 0 spiro atoms. The number of carbonyl (C=O) groups excluding carboxylic acids is 1. The van der Waals surface area contributed by atoms with Gasteiger partial charge in [-0.15, -0.1) is 0 Å². The summed E-state index contributed by atoms with van der Waals surface area (Å²) >= 11 is 0. The lowest BCUT2D eigenvalue weighted by Crippen LogP contribution is -2.26. The molecule has 1 amide bonds. The number of anilines is 1. The van der Waals surface area contributed by atoms with Gasteiger partial charge in [0.25, 0.3) is 0 Å². The molecule has 2 bridgehead atoms. The first-order valence-corrected chi connectivity index (χ1v) is 6.25. The van der Waals surface area contributed by atoms with Gasteiger partial charge in [-0.05, 0) is 43.2 Å². The van der Waals surface area contributed by atoms with E-state index in [0.29, 0.717) is 11.6 Å². The average molecular weight is 231 g/mol. The molecule has 1 aromatic rings. The van der Waals surface area contributed by atoms with E-state index in [-0.39, 0.29) is 0 Å². The predicted octanol–water partition coefficient (Wildman–Crippen LogP) is 1.78. The van der Waals surface area contributed by atoms with Gasteiger partial charge in [-0.1, -0.05) is 6.42 Å². The molecular weight excluding hydrogens is 214 g/mol. The highest BCUT2D eigenvalue weighted by atomic mass is 16.1. The standard InChI is InChI=1S/C13H17N3O/c14-13(17)10-3-4-12(15-7-10)16-11-6-8-1-2-9(11)5-8/h3-4,7-9,11H,1-2,5-6H2,(H2,14,17)(H,15,16). The number of carbonyl (C=O) groups is 1. The van der Waals surface area contributed by atoms with Crippen LogP contribution >= 0.6 is 0 Å². The van der Waals surface area contributed by atoms with Crippen LogP contribution in [0.15, 0.2) is 18.3 Å². The minimum absolute atomic E-state index is 0.427. The van der Waals surface area contributed by atoms with Crippen molar-refractivity contribution < 1.29 is 4.79 Å². The number of primary amides is 1. The lowest BCUT2D eigenvalue weighted by molar-refractivity contribution is 0.1000. The molecule has 4 nitrogen and oxygen atoms in total. The Hall–Kier alpha value is -1.58. The third-order valence-corrected chi connectivity index (χ3v) is 4.12. The van der Waals surface area contributed by atoms with Crippen molar-refractivity contribution in [1.82, 2.24) is 4.98 Å². The van der Waals surface area contributed by atoms with Gasteiger partial charge >= 0.3 is 0 Å². The van der Waals surface area contributed by atoms with Crippen molar-refractivity contribution in [2.75, 3.05) is 5.32 Å². The van der Waals surface area contributed by atoms with E-state index >= 15 is 0 Å². The van der Waals surface area contributed by atoms with Gasteiger partial charge in [-0.25, -0.2) is 4.98 Å². The van der Waals surface area contributed by atoms with Crippen LogP contribution in [0.25, 0.3) is 0 Å². The van der Waals surface area contributed by atoms with E-state index in [9.17, 15) is 4.79 Å². The van der Waals surface area contributed by atoms with Crippen molar-refractivity contribution in [3.8, 4) is 0 Å². The van der Waals surface area contributed by atoms with Crippen molar-refractivity contribution in [3.05, 3.63) is 23.9 Å². The highest BCUT2D eigenvalue weighted by Crippen LogP contribution is 2.45. The van der Waals surface area contributed by atoms with Crippen LogP contribution in [-0.4, -0.2) is 16.9 Å². The molecule has 3 unspecified atom stereocenters. The van der Waals surface area contributed by atoms with E-state index in [1.54, 1.807) is 6.07 Å². The summed E-state index contributed by atoms with van der Waals surface area (Å²) in [6.07, 6.45) is 6.93. The first-order valence-electron chi connectivity index (χ1n) is 6.25. The van der Waals surface area contributed by atoms with Gasteiger partial charge in [-0.2, -0.15) is 0 Å². The summed E-state index contributed by atoms with van der Waals surface area (Å²) in [6.45, 7) is 0. The Morgan fingerprint density at radius 1 is 1.35 bits per heavy atom. The van der Waals surface area contributed by atoms with Crippen LogP contribution < -0.4 is 11.1 Å². The van der Waals surface area contributed by atoms with Gasteiger partial charge in [0.05, 0.1) is 5.56 Å². The van der Waals surface area contributed by atoms with Crippen LogP contribution in [0.5, 0.6) is 0 Å². The van der Waals surface area contributed by atoms with Gasteiger partial charge < -0.3 is 11.1 Å².